The predicted molar refractivity (Wildman–Crippen MR) is 83.4 cm³/mol. The summed E-state index contributed by atoms with van der Waals surface area (Å²) >= 11 is 0. The van der Waals surface area contributed by atoms with Gasteiger partial charge in [-0.3, -0.25) is 0 Å². The first-order valence-corrected chi connectivity index (χ1v) is 7.95. The van der Waals surface area contributed by atoms with Gasteiger partial charge in [0.1, 0.15) is 0 Å². The van der Waals surface area contributed by atoms with E-state index in [4.69, 9.17) is 0 Å². The molecule has 112 valence electrons. The van der Waals surface area contributed by atoms with Crippen molar-refractivity contribution in [2.24, 2.45) is 22.2 Å². The Morgan fingerprint density at radius 1 is 1.21 bits per heavy atom. The fourth-order valence-corrected chi connectivity index (χ4v) is 5.10. The van der Waals surface area contributed by atoms with E-state index in [1.54, 1.807) is 0 Å². The third kappa shape index (κ3) is 2.85. The van der Waals surface area contributed by atoms with Crippen molar-refractivity contribution >= 4 is 0 Å². The number of nitrogens with one attached hydrogen (secondary N) is 1. The zero-order valence-electron chi connectivity index (χ0n) is 14.1. The van der Waals surface area contributed by atoms with Gasteiger partial charge in [0, 0.05) is 19.1 Å². The van der Waals surface area contributed by atoms with Crippen molar-refractivity contribution < 1.29 is 0 Å². The largest absolute Gasteiger partial charge is 0.312 e. The van der Waals surface area contributed by atoms with Crippen LogP contribution in [-0.4, -0.2) is 38.1 Å². The molecule has 2 aliphatic rings. The molecule has 0 saturated heterocycles. The van der Waals surface area contributed by atoms with Gasteiger partial charge in [-0.05, 0) is 55.5 Å². The van der Waals surface area contributed by atoms with Gasteiger partial charge in [-0.25, -0.2) is 0 Å². The summed E-state index contributed by atoms with van der Waals surface area (Å²) in [5, 5.41) is 3.96. The van der Waals surface area contributed by atoms with Crippen molar-refractivity contribution in [3.05, 3.63) is 0 Å². The number of rotatable bonds is 5. The van der Waals surface area contributed by atoms with E-state index in [1.165, 1.54) is 19.3 Å². The lowest BCUT2D eigenvalue weighted by Crippen LogP contribution is -2.53. The Morgan fingerprint density at radius 3 is 2.32 bits per heavy atom. The first-order chi connectivity index (χ1) is 8.57. The Hall–Kier alpha value is -0.0800. The standard InChI is InChI=1S/C17H34N2/c1-15(2,12-19(6)7)11-18-14-16(3,4)13-8-9-17(14,5)10-13/h13-14,18H,8-12H2,1-7H3/t13-,14?,17+/m0/s1. The summed E-state index contributed by atoms with van der Waals surface area (Å²) in [6.45, 7) is 14.5. The molecule has 1 N–H and O–H groups in total. The number of fused-ring (bicyclic) bond motifs is 2. The van der Waals surface area contributed by atoms with Crippen LogP contribution in [0.25, 0.3) is 0 Å². The zero-order chi connectivity index (χ0) is 14.5. The van der Waals surface area contributed by atoms with E-state index in [-0.39, 0.29) is 0 Å². The van der Waals surface area contributed by atoms with E-state index in [9.17, 15) is 0 Å². The summed E-state index contributed by atoms with van der Waals surface area (Å²) in [5.74, 6) is 0.937. The molecular weight excluding hydrogens is 232 g/mol. The average Bonchev–Trinajstić information content (AvgIpc) is 2.65. The number of hydrogen-bond donors (Lipinski definition) is 1. The molecule has 3 atom stereocenters. The molecule has 0 heterocycles. The van der Waals surface area contributed by atoms with Crippen LogP contribution >= 0.6 is 0 Å². The molecule has 2 saturated carbocycles. The van der Waals surface area contributed by atoms with Crippen molar-refractivity contribution in [3.8, 4) is 0 Å². The molecule has 19 heavy (non-hydrogen) atoms. The maximum absolute atomic E-state index is 3.96. The van der Waals surface area contributed by atoms with E-state index in [0.717, 1.165) is 19.0 Å². The number of nitrogens with zero attached hydrogens (tertiary/aromatic N) is 1. The normalized spacial score (nSPS) is 37.3. The lowest BCUT2D eigenvalue weighted by molar-refractivity contribution is 0.0943. The summed E-state index contributed by atoms with van der Waals surface area (Å²) in [6.07, 6.45) is 4.31. The van der Waals surface area contributed by atoms with Crippen LogP contribution < -0.4 is 5.32 Å². The van der Waals surface area contributed by atoms with E-state index in [1.807, 2.05) is 0 Å². The van der Waals surface area contributed by atoms with Gasteiger partial charge in [-0.15, -0.1) is 0 Å². The summed E-state index contributed by atoms with van der Waals surface area (Å²) in [6, 6.07) is 0.695. The quantitative estimate of drug-likeness (QED) is 0.820. The van der Waals surface area contributed by atoms with Crippen LogP contribution in [0.5, 0.6) is 0 Å². The van der Waals surface area contributed by atoms with Crippen LogP contribution in [-0.2, 0) is 0 Å². The fraction of sp³-hybridized carbons (Fsp3) is 1.00. The second-order valence-corrected chi connectivity index (χ2v) is 9.13. The maximum atomic E-state index is 3.96. The van der Waals surface area contributed by atoms with E-state index in [2.05, 4.69) is 58.9 Å². The van der Waals surface area contributed by atoms with Crippen LogP contribution in [0.3, 0.4) is 0 Å². The topological polar surface area (TPSA) is 15.3 Å². The van der Waals surface area contributed by atoms with E-state index >= 15 is 0 Å². The molecule has 2 fully saturated rings. The molecule has 2 heteroatoms. The lowest BCUT2D eigenvalue weighted by Gasteiger charge is -2.45. The lowest BCUT2D eigenvalue weighted by atomic mass is 9.68. The highest BCUT2D eigenvalue weighted by molar-refractivity contribution is 5.12. The first kappa shape index (κ1) is 15.3. The van der Waals surface area contributed by atoms with Gasteiger partial charge in [-0.2, -0.15) is 0 Å². The molecule has 0 aromatic rings. The van der Waals surface area contributed by atoms with Crippen LogP contribution in [0, 0.1) is 22.2 Å². The average molecular weight is 266 g/mol. The van der Waals surface area contributed by atoms with Crippen molar-refractivity contribution in [2.75, 3.05) is 27.2 Å². The van der Waals surface area contributed by atoms with Gasteiger partial charge in [0.15, 0.2) is 0 Å². The highest BCUT2D eigenvalue weighted by atomic mass is 15.1. The van der Waals surface area contributed by atoms with Crippen molar-refractivity contribution in [1.82, 2.24) is 10.2 Å². The SMILES string of the molecule is CN(C)CC(C)(C)CNC1C(C)(C)[C@H]2CC[C@]1(C)C2. The molecule has 0 aromatic heterocycles. The molecule has 0 spiro atoms. The van der Waals surface area contributed by atoms with E-state index < -0.39 is 0 Å². The molecule has 2 aliphatic carbocycles. The molecular formula is C17H34N2. The van der Waals surface area contributed by atoms with Crippen molar-refractivity contribution in [2.45, 2.75) is 59.9 Å². The van der Waals surface area contributed by atoms with E-state index in [0.29, 0.717) is 22.3 Å². The number of hydrogen-bond acceptors (Lipinski definition) is 2. The maximum Gasteiger partial charge on any atom is 0.0175 e. The van der Waals surface area contributed by atoms with Crippen molar-refractivity contribution in [3.63, 3.8) is 0 Å². The third-order valence-electron chi connectivity index (χ3n) is 5.80. The molecule has 0 radical (unpaired) electrons. The Kier molecular flexibility index (Phi) is 3.81. The first-order valence-electron chi connectivity index (χ1n) is 7.95. The molecule has 0 amide bonds. The minimum absolute atomic E-state index is 0.345. The van der Waals surface area contributed by atoms with Crippen molar-refractivity contribution in [1.29, 1.82) is 0 Å². The minimum atomic E-state index is 0.345. The summed E-state index contributed by atoms with van der Waals surface area (Å²) in [7, 11) is 4.34. The van der Waals surface area contributed by atoms with Gasteiger partial charge in [0.05, 0.1) is 0 Å². The van der Waals surface area contributed by atoms with Gasteiger partial charge in [0.25, 0.3) is 0 Å². The van der Waals surface area contributed by atoms with Gasteiger partial charge in [-0.1, -0.05) is 34.6 Å². The van der Waals surface area contributed by atoms with Gasteiger partial charge < -0.3 is 10.2 Å². The van der Waals surface area contributed by atoms with Gasteiger partial charge >= 0.3 is 0 Å². The Morgan fingerprint density at radius 2 is 1.84 bits per heavy atom. The van der Waals surface area contributed by atoms with Crippen LogP contribution in [0.2, 0.25) is 0 Å². The van der Waals surface area contributed by atoms with Gasteiger partial charge in [0.2, 0.25) is 0 Å². The molecule has 2 bridgehead atoms. The second-order valence-electron chi connectivity index (χ2n) is 9.13. The minimum Gasteiger partial charge on any atom is -0.312 e. The van der Waals surface area contributed by atoms with Crippen LogP contribution in [0.4, 0.5) is 0 Å². The molecule has 2 nitrogen and oxygen atoms in total. The Balaban J connectivity index is 1.99. The molecule has 0 aliphatic heterocycles. The highest BCUT2D eigenvalue weighted by Gasteiger charge is 2.59. The smallest absolute Gasteiger partial charge is 0.0175 e. The molecule has 2 rings (SSSR count). The second kappa shape index (κ2) is 4.73. The monoisotopic (exact) mass is 266 g/mol. The summed E-state index contributed by atoms with van der Waals surface area (Å²) < 4.78 is 0. The molecule has 0 aromatic carbocycles. The molecule has 1 unspecified atom stereocenters. The highest BCUT2D eigenvalue weighted by Crippen LogP contribution is 2.62. The zero-order valence-corrected chi connectivity index (χ0v) is 14.1. The van der Waals surface area contributed by atoms with Crippen LogP contribution in [0.15, 0.2) is 0 Å². The third-order valence-corrected chi connectivity index (χ3v) is 5.80. The predicted octanol–water partition coefficient (Wildman–Crippen LogP) is 3.38. The van der Waals surface area contributed by atoms with Crippen LogP contribution in [0.1, 0.15) is 53.9 Å². The summed E-state index contributed by atoms with van der Waals surface area (Å²) in [5.41, 5.74) is 1.36. The Labute approximate surface area is 120 Å². The summed E-state index contributed by atoms with van der Waals surface area (Å²) in [4.78, 5) is 2.30. The Bertz CT molecular complexity index is 327. The fourth-order valence-electron chi connectivity index (χ4n) is 5.10.